The molecule has 0 saturated heterocycles. The van der Waals surface area contributed by atoms with Crippen molar-refractivity contribution < 1.29 is 28.6 Å². The largest absolute Gasteiger partial charge is 0.478 e. The molecule has 0 atom stereocenters. The molecule has 0 saturated carbocycles. The normalized spacial score (nSPS) is 10.4. The summed E-state index contributed by atoms with van der Waals surface area (Å²) < 4.78 is 29.1. The number of hydrogen-bond acceptors (Lipinski definition) is 5. The van der Waals surface area contributed by atoms with Gasteiger partial charge in [-0.05, 0) is 114 Å². The molecular weight excluding hydrogens is 747 g/mol. The van der Waals surface area contributed by atoms with Crippen molar-refractivity contribution in [2.24, 2.45) is 0 Å². The van der Waals surface area contributed by atoms with Crippen LogP contribution in [0.2, 0.25) is 5.02 Å². The summed E-state index contributed by atoms with van der Waals surface area (Å²) in [7, 11) is 0. The summed E-state index contributed by atoms with van der Waals surface area (Å²) in [6.45, 7) is 3.87. The highest BCUT2D eigenvalue weighted by Gasteiger charge is 2.19. The number of carbonyl (C=O) groups excluding carboxylic acids is 1. The Hall–Kier alpha value is -3.26. The van der Waals surface area contributed by atoms with E-state index in [9.17, 15) is 18.4 Å². The van der Waals surface area contributed by atoms with Crippen LogP contribution in [0.3, 0.4) is 0 Å². The second-order valence-corrected chi connectivity index (χ2v) is 11.5. The van der Waals surface area contributed by atoms with E-state index < -0.39 is 17.6 Å². The van der Waals surface area contributed by atoms with Gasteiger partial charge in [-0.1, -0.05) is 27.5 Å². The first-order valence-electron chi connectivity index (χ1n) is 12.4. The van der Waals surface area contributed by atoms with Crippen LogP contribution in [0.4, 0.5) is 31.5 Å². The molecule has 5 N–H and O–H groups in total. The third-order valence-electron chi connectivity index (χ3n) is 5.85. The van der Waals surface area contributed by atoms with Gasteiger partial charge in [-0.15, -0.1) is 0 Å². The second-order valence-electron chi connectivity index (χ2n) is 8.93. The molecule has 42 heavy (non-hydrogen) atoms. The predicted octanol–water partition coefficient (Wildman–Crippen LogP) is 8.20. The Morgan fingerprint density at radius 2 is 1.52 bits per heavy atom. The maximum atomic E-state index is 13.8. The Bertz CT molecular complexity index is 1620. The minimum absolute atomic E-state index is 0.106. The summed E-state index contributed by atoms with van der Waals surface area (Å²) >= 11 is 11.5. The molecule has 0 unspecified atom stereocenters. The molecule has 0 heterocycles. The fourth-order valence-electron chi connectivity index (χ4n) is 3.74. The van der Waals surface area contributed by atoms with Gasteiger partial charge in [0.15, 0.2) is 11.6 Å². The molecule has 4 aromatic rings. The van der Waals surface area contributed by atoms with E-state index in [1.807, 2.05) is 19.1 Å². The molecule has 0 aromatic heterocycles. The smallest absolute Gasteiger partial charge is 0.337 e. The number of aromatic carboxylic acids is 1. The zero-order valence-corrected chi connectivity index (χ0v) is 26.9. The number of anilines is 4. The maximum absolute atomic E-state index is 13.8. The number of amides is 1. The van der Waals surface area contributed by atoms with Crippen LogP contribution < -0.4 is 16.0 Å². The van der Waals surface area contributed by atoms with E-state index in [-0.39, 0.29) is 30.3 Å². The van der Waals surface area contributed by atoms with Gasteiger partial charge in [0.25, 0.3) is 5.91 Å². The number of carboxylic acid groups (broad SMARTS) is 1. The highest BCUT2D eigenvalue weighted by molar-refractivity contribution is 14.1. The zero-order valence-electron chi connectivity index (χ0n) is 22.4. The van der Waals surface area contributed by atoms with E-state index >= 15 is 0 Å². The number of carbonyl (C=O) groups is 2. The molecule has 0 radical (unpaired) electrons. The summed E-state index contributed by atoms with van der Waals surface area (Å²) in [5, 5.41) is 26.9. The van der Waals surface area contributed by atoms with E-state index in [4.69, 9.17) is 21.8 Å². The number of carboxylic acids is 1. The van der Waals surface area contributed by atoms with Crippen LogP contribution in [0.15, 0.2) is 71.2 Å². The lowest BCUT2D eigenvalue weighted by Crippen LogP contribution is -2.27. The van der Waals surface area contributed by atoms with Crippen molar-refractivity contribution in [3.05, 3.63) is 114 Å². The van der Waals surface area contributed by atoms with E-state index in [0.29, 0.717) is 22.0 Å². The Kier molecular flexibility index (Phi) is 12.1. The summed E-state index contributed by atoms with van der Waals surface area (Å²) in [4.78, 5) is 23.3. The van der Waals surface area contributed by atoms with Crippen LogP contribution >= 0.6 is 50.1 Å². The van der Waals surface area contributed by atoms with Gasteiger partial charge in [-0.3, -0.25) is 4.79 Å². The minimum atomic E-state index is -1.33. The van der Waals surface area contributed by atoms with Crippen LogP contribution in [0.5, 0.6) is 0 Å². The van der Waals surface area contributed by atoms with Crippen LogP contribution in [0.25, 0.3) is 0 Å². The third kappa shape index (κ3) is 8.87. The highest BCUT2D eigenvalue weighted by Crippen LogP contribution is 2.30. The standard InChI is InChI=1S/C16H16ClIN2O2.C14H10BrF2NO2/c1-10-8-12(18)3-5-14(10)20-15-4-2-11(17)9-13(15)16(22)19-6-7-21;1-7-6-8(15)2-5-11(7)18-13-9(14(19)20)3-4-10(16)12(13)17/h2-5,8-9,20-21H,6-7H2,1H3,(H,19,22);2-6,18H,1H3,(H,19,20). The van der Waals surface area contributed by atoms with Crippen LogP contribution in [-0.2, 0) is 0 Å². The Morgan fingerprint density at radius 3 is 2.17 bits per heavy atom. The second kappa shape index (κ2) is 15.3. The summed E-state index contributed by atoms with van der Waals surface area (Å²) in [5.41, 5.74) is 3.68. The van der Waals surface area contributed by atoms with Crippen molar-refractivity contribution in [3.8, 4) is 0 Å². The molecule has 0 bridgehead atoms. The number of hydrogen-bond donors (Lipinski definition) is 5. The quantitative estimate of drug-likeness (QED) is 0.116. The number of rotatable bonds is 8. The Balaban J connectivity index is 0.000000231. The van der Waals surface area contributed by atoms with E-state index in [0.717, 1.165) is 37.0 Å². The van der Waals surface area contributed by atoms with Crippen molar-refractivity contribution in [1.82, 2.24) is 5.32 Å². The number of aliphatic hydroxyl groups is 1. The molecule has 4 rings (SSSR count). The monoisotopic (exact) mass is 771 g/mol. The van der Waals surface area contributed by atoms with Crippen LogP contribution in [0.1, 0.15) is 31.8 Å². The van der Waals surface area contributed by atoms with Gasteiger partial charge in [-0.25, -0.2) is 13.6 Å². The average Bonchev–Trinajstić information content (AvgIpc) is 2.93. The molecule has 7 nitrogen and oxygen atoms in total. The minimum Gasteiger partial charge on any atom is -0.478 e. The molecule has 0 aliphatic carbocycles. The fraction of sp³-hybridized carbons (Fsp3) is 0.133. The topological polar surface area (TPSA) is 111 Å². The van der Waals surface area contributed by atoms with Gasteiger partial charge in [0.05, 0.1) is 29.1 Å². The Labute approximate surface area is 268 Å². The summed E-state index contributed by atoms with van der Waals surface area (Å²) in [6, 6.07) is 18.1. The van der Waals surface area contributed by atoms with Crippen LogP contribution in [-0.4, -0.2) is 35.2 Å². The van der Waals surface area contributed by atoms with Crippen LogP contribution in [0, 0.1) is 29.1 Å². The molecule has 0 spiro atoms. The summed E-state index contributed by atoms with van der Waals surface area (Å²) in [6.07, 6.45) is 0. The van der Waals surface area contributed by atoms with Gasteiger partial charge in [0, 0.05) is 31.0 Å². The molecular formula is C30H26BrClF2IN3O4. The fourth-order valence-corrected chi connectivity index (χ4v) is 5.04. The molecule has 1 amide bonds. The van der Waals surface area contributed by atoms with Crippen molar-refractivity contribution >= 4 is 84.7 Å². The Morgan fingerprint density at radius 1 is 0.881 bits per heavy atom. The molecule has 0 fully saturated rings. The SMILES string of the molecule is Cc1cc(Br)ccc1Nc1c(C(=O)O)ccc(F)c1F.Cc1cc(I)ccc1Nc1ccc(Cl)cc1C(=O)NCCO. The molecule has 220 valence electrons. The molecule has 4 aromatic carbocycles. The van der Waals surface area contributed by atoms with Gasteiger partial charge in [0.1, 0.15) is 0 Å². The number of benzene rings is 4. The average molecular weight is 773 g/mol. The first kappa shape index (κ1) is 33.2. The lowest BCUT2D eigenvalue weighted by Gasteiger charge is -2.14. The maximum Gasteiger partial charge on any atom is 0.337 e. The van der Waals surface area contributed by atoms with E-state index in [1.54, 1.807) is 43.3 Å². The van der Waals surface area contributed by atoms with E-state index in [2.05, 4.69) is 60.5 Å². The first-order valence-corrected chi connectivity index (χ1v) is 14.6. The van der Waals surface area contributed by atoms with Crippen molar-refractivity contribution in [1.29, 1.82) is 0 Å². The number of nitrogens with one attached hydrogen (secondary N) is 3. The lowest BCUT2D eigenvalue weighted by molar-refractivity contribution is 0.0697. The van der Waals surface area contributed by atoms with Gasteiger partial charge >= 0.3 is 5.97 Å². The third-order valence-corrected chi connectivity index (χ3v) is 7.25. The number of halogens is 5. The number of aliphatic hydroxyl groups excluding tert-OH is 1. The highest BCUT2D eigenvalue weighted by atomic mass is 127. The first-order chi connectivity index (χ1) is 19.9. The van der Waals surface area contributed by atoms with Gasteiger partial charge < -0.3 is 26.2 Å². The predicted molar refractivity (Wildman–Crippen MR) is 174 cm³/mol. The zero-order chi connectivity index (χ0) is 31.0. The van der Waals surface area contributed by atoms with Crippen molar-refractivity contribution in [3.63, 3.8) is 0 Å². The van der Waals surface area contributed by atoms with Gasteiger partial charge in [-0.2, -0.15) is 0 Å². The number of aryl methyl sites for hydroxylation is 2. The molecule has 12 heteroatoms. The van der Waals surface area contributed by atoms with Crippen molar-refractivity contribution in [2.75, 3.05) is 23.8 Å². The van der Waals surface area contributed by atoms with Crippen molar-refractivity contribution in [2.45, 2.75) is 13.8 Å². The molecule has 0 aliphatic heterocycles. The molecule has 0 aliphatic rings. The van der Waals surface area contributed by atoms with E-state index in [1.165, 1.54) is 0 Å². The summed E-state index contributed by atoms with van der Waals surface area (Å²) in [5.74, 6) is -3.93. The van der Waals surface area contributed by atoms with Gasteiger partial charge in [0.2, 0.25) is 0 Å². The lowest BCUT2D eigenvalue weighted by atomic mass is 10.1.